The SMILES string of the molecule is CC(C)CN(C[C@@H](O)[C@@H](NC(=O)O[C@@H]1CCOC1)Sc1ccccc1)S(=O)(=O)c1ccc(N)cc1. The van der Waals surface area contributed by atoms with Gasteiger partial charge in [-0.1, -0.05) is 43.8 Å². The van der Waals surface area contributed by atoms with Crippen molar-refractivity contribution in [1.82, 2.24) is 9.62 Å². The highest BCUT2D eigenvalue weighted by Gasteiger charge is 2.32. The van der Waals surface area contributed by atoms with Crippen molar-refractivity contribution in [2.45, 2.75) is 47.6 Å². The van der Waals surface area contributed by atoms with Crippen LogP contribution in [-0.4, -0.2) is 67.8 Å². The fourth-order valence-electron chi connectivity index (χ4n) is 3.53. The molecule has 1 aliphatic rings. The number of nitrogen functional groups attached to an aromatic ring is 1. The molecule has 1 aliphatic heterocycles. The second-order valence-corrected chi connectivity index (χ2v) is 11.9. The third-order valence-electron chi connectivity index (χ3n) is 5.25. The van der Waals surface area contributed by atoms with Gasteiger partial charge in [0.25, 0.3) is 0 Å². The zero-order valence-corrected chi connectivity index (χ0v) is 21.5. The Labute approximate surface area is 211 Å². The van der Waals surface area contributed by atoms with Crippen LogP contribution in [0.3, 0.4) is 0 Å². The average Bonchev–Trinajstić information content (AvgIpc) is 3.31. The molecule has 11 heteroatoms. The van der Waals surface area contributed by atoms with Gasteiger partial charge in [-0.3, -0.25) is 0 Å². The molecule has 9 nitrogen and oxygen atoms in total. The molecule has 1 amide bonds. The molecule has 3 rings (SSSR count). The predicted octanol–water partition coefficient (Wildman–Crippen LogP) is 2.91. The van der Waals surface area contributed by atoms with Crippen LogP contribution in [-0.2, 0) is 19.5 Å². The number of thioether (sulfide) groups is 1. The summed E-state index contributed by atoms with van der Waals surface area (Å²) in [7, 11) is -3.91. The van der Waals surface area contributed by atoms with Crippen molar-refractivity contribution >= 4 is 33.6 Å². The van der Waals surface area contributed by atoms with Gasteiger partial charge in [0.05, 0.1) is 24.2 Å². The number of anilines is 1. The van der Waals surface area contributed by atoms with Crippen LogP contribution in [0.5, 0.6) is 0 Å². The van der Waals surface area contributed by atoms with Crippen LogP contribution >= 0.6 is 11.8 Å². The van der Waals surface area contributed by atoms with Crippen molar-refractivity contribution in [3.05, 3.63) is 54.6 Å². The van der Waals surface area contributed by atoms with E-state index in [4.69, 9.17) is 15.2 Å². The van der Waals surface area contributed by atoms with E-state index in [0.29, 0.717) is 25.3 Å². The molecule has 35 heavy (non-hydrogen) atoms. The molecule has 0 radical (unpaired) electrons. The number of rotatable bonds is 11. The Morgan fingerprint density at radius 2 is 1.89 bits per heavy atom. The Kier molecular flexibility index (Phi) is 9.81. The van der Waals surface area contributed by atoms with Gasteiger partial charge in [-0.2, -0.15) is 4.31 Å². The molecule has 0 spiro atoms. The molecule has 0 unspecified atom stereocenters. The van der Waals surface area contributed by atoms with E-state index in [-0.39, 0.29) is 30.0 Å². The smallest absolute Gasteiger partial charge is 0.408 e. The Balaban J connectivity index is 1.80. The first-order chi connectivity index (χ1) is 16.6. The third kappa shape index (κ3) is 8.11. The number of hydrogen-bond donors (Lipinski definition) is 3. The molecule has 0 bridgehead atoms. The summed E-state index contributed by atoms with van der Waals surface area (Å²) in [4.78, 5) is 13.4. The first-order valence-electron chi connectivity index (χ1n) is 11.5. The molecule has 0 aromatic heterocycles. The largest absolute Gasteiger partial charge is 0.444 e. The fourth-order valence-corrected chi connectivity index (χ4v) is 6.16. The number of carbonyl (C=O) groups is 1. The van der Waals surface area contributed by atoms with Crippen LogP contribution in [0.25, 0.3) is 0 Å². The number of ether oxygens (including phenoxy) is 2. The number of benzene rings is 2. The molecular formula is C24H33N3O6S2. The molecule has 192 valence electrons. The number of alkyl carbamates (subject to hydrolysis) is 1. The maximum Gasteiger partial charge on any atom is 0.408 e. The van der Waals surface area contributed by atoms with E-state index >= 15 is 0 Å². The first kappa shape index (κ1) is 27.3. The molecule has 0 saturated carbocycles. The molecule has 1 fully saturated rings. The van der Waals surface area contributed by atoms with Crippen LogP contribution < -0.4 is 11.1 Å². The lowest BCUT2D eigenvalue weighted by Crippen LogP contribution is -2.49. The minimum atomic E-state index is -3.91. The van der Waals surface area contributed by atoms with E-state index in [9.17, 15) is 18.3 Å². The lowest BCUT2D eigenvalue weighted by molar-refractivity contribution is 0.0743. The van der Waals surface area contributed by atoms with Gasteiger partial charge in [0, 0.05) is 30.1 Å². The van der Waals surface area contributed by atoms with Crippen LogP contribution in [0.15, 0.2) is 64.4 Å². The van der Waals surface area contributed by atoms with Crippen LogP contribution in [0, 0.1) is 5.92 Å². The van der Waals surface area contributed by atoms with Gasteiger partial charge in [0.15, 0.2) is 0 Å². The van der Waals surface area contributed by atoms with Gasteiger partial charge in [-0.25, -0.2) is 13.2 Å². The summed E-state index contributed by atoms with van der Waals surface area (Å²) in [6.07, 6.45) is -1.66. The Hall–Kier alpha value is -2.31. The highest BCUT2D eigenvalue weighted by atomic mass is 32.2. The molecule has 2 aromatic rings. The van der Waals surface area contributed by atoms with Gasteiger partial charge in [-0.15, -0.1) is 0 Å². The van der Waals surface area contributed by atoms with Gasteiger partial charge < -0.3 is 25.6 Å². The molecule has 3 atom stereocenters. The van der Waals surface area contributed by atoms with E-state index < -0.39 is 27.6 Å². The van der Waals surface area contributed by atoms with Gasteiger partial charge in [0.2, 0.25) is 10.0 Å². The second-order valence-electron chi connectivity index (χ2n) is 8.74. The Morgan fingerprint density at radius 3 is 2.49 bits per heavy atom. The number of amides is 1. The Bertz CT molecular complexity index is 1040. The van der Waals surface area contributed by atoms with Crippen molar-refractivity contribution in [3.8, 4) is 0 Å². The summed E-state index contributed by atoms with van der Waals surface area (Å²) in [6.45, 7) is 4.61. The number of nitrogens with zero attached hydrogens (tertiary/aromatic N) is 1. The highest BCUT2D eigenvalue weighted by Crippen LogP contribution is 2.26. The second kappa shape index (κ2) is 12.6. The van der Waals surface area contributed by atoms with Crippen molar-refractivity contribution in [2.24, 2.45) is 5.92 Å². The maximum atomic E-state index is 13.4. The summed E-state index contributed by atoms with van der Waals surface area (Å²) >= 11 is 1.22. The number of sulfonamides is 1. The van der Waals surface area contributed by atoms with Crippen molar-refractivity contribution < 1.29 is 27.8 Å². The molecular weight excluding hydrogens is 490 g/mol. The fraction of sp³-hybridized carbons (Fsp3) is 0.458. The summed E-state index contributed by atoms with van der Waals surface area (Å²) < 4.78 is 38.7. The first-order valence-corrected chi connectivity index (χ1v) is 13.8. The maximum absolute atomic E-state index is 13.4. The van der Waals surface area contributed by atoms with Crippen molar-refractivity contribution in [1.29, 1.82) is 0 Å². The number of aliphatic hydroxyl groups excluding tert-OH is 1. The number of carbonyl (C=O) groups excluding carboxylic acids is 1. The number of nitrogens with two attached hydrogens (primary N) is 1. The van der Waals surface area contributed by atoms with E-state index in [1.807, 2.05) is 44.2 Å². The van der Waals surface area contributed by atoms with Gasteiger partial charge >= 0.3 is 6.09 Å². The summed E-state index contributed by atoms with van der Waals surface area (Å²) in [5, 5.41) is 13.0. The van der Waals surface area contributed by atoms with Gasteiger partial charge in [-0.05, 0) is 42.3 Å². The standard InChI is InChI=1S/C24H33N3O6S2/c1-17(2)14-27(35(30,31)21-10-8-18(25)9-11-21)15-22(28)23(34-20-6-4-3-5-7-20)26-24(29)33-19-12-13-32-16-19/h3-11,17,19,22-23,28H,12-16,25H2,1-2H3,(H,26,29)/t19-,22-,23+/m1/s1. The number of hydrogen-bond acceptors (Lipinski definition) is 8. The average molecular weight is 524 g/mol. The summed E-state index contributed by atoms with van der Waals surface area (Å²) in [5.74, 6) is 0.00581. The zero-order valence-electron chi connectivity index (χ0n) is 19.9. The Morgan fingerprint density at radius 1 is 1.20 bits per heavy atom. The number of aliphatic hydroxyl groups is 1. The number of nitrogens with one attached hydrogen (secondary N) is 1. The molecule has 1 saturated heterocycles. The van der Waals surface area contributed by atoms with E-state index in [1.165, 1.54) is 40.3 Å². The summed E-state index contributed by atoms with van der Waals surface area (Å²) in [6, 6.07) is 15.2. The zero-order chi connectivity index (χ0) is 25.4. The van der Waals surface area contributed by atoms with E-state index in [2.05, 4.69) is 5.32 Å². The monoisotopic (exact) mass is 523 g/mol. The van der Waals surface area contributed by atoms with Crippen LogP contribution in [0.2, 0.25) is 0 Å². The van der Waals surface area contributed by atoms with Crippen LogP contribution in [0.4, 0.5) is 10.5 Å². The van der Waals surface area contributed by atoms with Crippen molar-refractivity contribution in [2.75, 3.05) is 32.0 Å². The predicted molar refractivity (Wildman–Crippen MR) is 135 cm³/mol. The molecule has 1 heterocycles. The molecule has 0 aliphatic carbocycles. The normalized spacial score (nSPS) is 17.9. The minimum absolute atomic E-state index is 0.00581. The van der Waals surface area contributed by atoms with E-state index in [0.717, 1.165) is 4.90 Å². The van der Waals surface area contributed by atoms with Gasteiger partial charge in [0.1, 0.15) is 11.5 Å². The van der Waals surface area contributed by atoms with Crippen LogP contribution in [0.1, 0.15) is 20.3 Å². The third-order valence-corrected chi connectivity index (χ3v) is 8.33. The molecule has 4 N–H and O–H groups in total. The lowest BCUT2D eigenvalue weighted by Gasteiger charge is -2.30. The lowest BCUT2D eigenvalue weighted by atomic mass is 10.2. The van der Waals surface area contributed by atoms with E-state index in [1.54, 1.807) is 0 Å². The highest BCUT2D eigenvalue weighted by molar-refractivity contribution is 8.00. The summed E-state index contributed by atoms with van der Waals surface area (Å²) in [5.41, 5.74) is 6.17. The minimum Gasteiger partial charge on any atom is -0.444 e. The quantitative estimate of drug-likeness (QED) is 0.233. The van der Waals surface area contributed by atoms with Crippen molar-refractivity contribution in [3.63, 3.8) is 0 Å². The molecule has 2 aromatic carbocycles. The topological polar surface area (TPSA) is 131 Å².